The van der Waals surface area contributed by atoms with E-state index in [1.165, 1.54) is 0 Å². The zero-order valence-electron chi connectivity index (χ0n) is 11.8. The SMILES string of the molecule is CCc1csc(N2CCCC(C(C)(C)C(=O)O)C2)n1. The summed E-state index contributed by atoms with van der Waals surface area (Å²) in [6.07, 6.45) is 2.98. The normalized spacial score (nSPS) is 20.6. The quantitative estimate of drug-likeness (QED) is 0.922. The molecule has 1 fully saturated rings. The van der Waals surface area contributed by atoms with E-state index in [1.807, 2.05) is 13.8 Å². The second kappa shape index (κ2) is 5.49. The molecule has 1 saturated heterocycles. The summed E-state index contributed by atoms with van der Waals surface area (Å²) in [4.78, 5) is 18.2. The Morgan fingerprint density at radius 2 is 2.37 bits per heavy atom. The van der Waals surface area contributed by atoms with E-state index in [1.54, 1.807) is 11.3 Å². The molecule has 0 saturated carbocycles. The Labute approximate surface area is 118 Å². The van der Waals surface area contributed by atoms with Gasteiger partial charge in [-0.3, -0.25) is 4.79 Å². The maximum absolute atomic E-state index is 11.4. The average molecular weight is 282 g/mol. The maximum Gasteiger partial charge on any atom is 0.309 e. The minimum Gasteiger partial charge on any atom is -0.481 e. The minimum atomic E-state index is -0.701. The van der Waals surface area contributed by atoms with Gasteiger partial charge in [0.1, 0.15) is 0 Å². The third-order valence-electron chi connectivity index (χ3n) is 4.17. The van der Waals surface area contributed by atoms with Crippen molar-refractivity contribution < 1.29 is 9.90 Å². The summed E-state index contributed by atoms with van der Waals surface area (Å²) < 4.78 is 0. The molecular formula is C14H22N2O2S. The first-order chi connectivity index (χ1) is 8.95. The highest BCUT2D eigenvalue weighted by Gasteiger charge is 2.39. The fourth-order valence-electron chi connectivity index (χ4n) is 2.52. The number of aliphatic carboxylic acids is 1. The Bertz CT molecular complexity index is 456. The number of aryl methyl sites for hydroxylation is 1. The largest absolute Gasteiger partial charge is 0.481 e. The molecule has 1 aliphatic rings. The van der Waals surface area contributed by atoms with Crippen LogP contribution in [-0.4, -0.2) is 29.1 Å². The van der Waals surface area contributed by atoms with Crippen molar-refractivity contribution in [1.29, 1.82) is 0 Å². The lowest BCUT2D eigenvalue weighted by atomic mass is 9.75. The third kappa shape index (κ3) is 2.91. The maximum atomic E-state index is 11.4. The van der Waals surface area contributed by atoms with E-state index < -0.39 is 11.4 Å². The lowest BCUT2D eigenvalue weighted by molar-refractivity contribution is -0.150. The standard InChI is InChI=1S/C14H22N2O2S/c1-4-11-9-19-13(15-11)16-7-5-6-10(8-16)14(2,3)12(17)18/h9-10H,4-8H2,1-3H3,(H,17,18). The van der Waals surface area contributed by atoms with Crippen molar-refractivity contribution in [3.63, 3.8) is 0 Å². The monoisotopic (exact) mass is 282 g/mol. The van der Waals surface area contributed by atoms with Crippen molar-refractivity contribution in [3.05, 3.63) is 11.1 Å². The molecule has 19 heavy (non-hydrogen) atoms. The first kappa shape index (κ1) is 14.3. The van der Waals surface area contributed by atoms with Gasteiger partial charge in [-0.25, -0.2) is 4.98 Å². The van der Waals surface area contributed by atoms with Crippen LogP contribution in [0.3, 0.4) is 0 Å². The number of thiazole rings is 1. The van der Waals surface area contributed by atoms with Crippen molar-refractivity contribution in [2.24, 2.45) is 11.3 Å². The molecule has 1 aliphatic heterocycles. The Hall–Kier alpha value is -1.10. The van der Waals surface area contributed by atoms with Gasteiger partial charge in [0.15, 0.2) is 5.13 Å². The molecule has 1 unspecified atom stereocenters. The van der Waals surface area contributed by atoms with Gasteiger partial charge < -0.3 is 10.0 Å². The molecule has 0 aliphatic carbocycles. The van der Waals surface area contributed by atoms with E-state index in [2.05, 4.69) is 22.2 Å². The van der Waals surface area contributed by atoms with Crippen LogP contribution in [0.1, 0.15) is 39.3 Å². The van der Waals surface area contributed by atoms with E-state index in [0.29, 0.717) is 0 Å². The van der Waals surface area contributed by atoms with Crippen molar-refractivity contribution in [3.8, 4) is 0 Å². The van der Waals surface area contributed by atoms with E-state index in [9.17, 15) is 9.90 Å². The molecule has 0 spiro atoms. The number of rotatable bonds is 4. The van der Waals surface area contributed by atoms with Gasteiger partial charge >= 0.3 is 5.97 Å². The highest BCUT2D eigenvalue weighted by atomic mass is 32.1. The molecule has 0 bridgehead atoms. The summed E-state index contributed by atoms with van der Waals surface area (Å²) in [5.41, 5.74) is 0.461. The van der Waals surface area contributed by atoms with Gasteiger partial charge in [-0.15, -0.1) is 11.3 Å². The molecule has 0 amide bonds. The van der Waals surface area contributed by atoms with Gasteiger partial charge in [0.2, 0.25) is 0 Å². The molecule has 1 atom stereocenters. The minimum absolute atomic E-state index is 0.188. The molecule has 4 nitrogen and oxygen atoms in total. The van der Waals surface area contributed by atoms with Crippen LogP contribution in [0.5, 0.6) is 0 Å². The Kier molecular flexibility index (Phi) is 4.13. The number of nitrogens with zero attached hydrogens (tertiary/aromatic N) is 2. The van der Waals surface area contributed by atoms with Crippen LogP contribution < -0.4 is 4.90 Å². The number of carboxylic acids is 1. The molecular weight excluding hydrogens is 260 g/mol. The lowest BCUT2D eigenvalue weighted by Gasteiger charge is -2.39. The highest BCUT2D eigenvalue weighted by Crippen LogP contribution is 2.36. The lowest BCUT2D eigenvalue weighted by Crippen LogP contribution is -2.44. The average Bonchev–Trinajstić information content (AvgIpc) is 2.87. The second-order valence-corrected chi connectivity index (χ2v) is 6.62. The molecule has 1 N–H and O–H groups in total. The summed E-state index contributed by atoms with van der Waals surface area (Å²) in [6.45, 7) is 7.57. The summed E-state index contributed by atoms with van der Waals surface area (Å²) >= 11 is 1.67. The first-order valence-corrected chi connectivity index (χ1v) is 7.75. The van der Waals surface area contributed by atoms with Crippen LogP contribution in [0, 0.1) is 11.3 Å². The number of hydrogen-bond donors (Lipinski definition) is 1. The van der Waals surface area contributed by atoms with E-state index in [-0.39, 0.29) is 5.92 Å². The predicted octanol–water partition coefficient (Wildman–Crippen LogP) is 3.03. The van der Waals surface area contributed by atoms with Crippen LogP contribution in [-0.2, 0) is 11.2 Å². The molecule has 1 aromatic heterocycles. The van der Waals surface area contributed by atoms with Gasteiger partial charge in [0.25, 0.3) is 0 Å². The molecule has 0 radical (unpaired) electrons. The third-order valence-corrected chi connectivity index (χ3v) is 5.12. The van der Waals surface area contributed by atoms with E-state index >= 15 is 0 Å². The van der Waals surface area contributed by atoms with Crippen molar-refractivity contribution in [2.75, 3.05) is 18.0 Å². The molecule has 106 valence electrons. The topological polar surface area (TPSA) is 53.4 Å². The second-order valence-electron chi connectivity index (χ2n) is 5.79. The fourth-order valence-corrected chi connectivity index (χ4v) is 3.46. The van der Waals surface area contributed by atoms with Crippen molar-refractivity contribution >= 4 is 22.4 Å². The number of piperidine rings is 1. The summed E-state index contributed by atoms with van der Waals surface area (Å²) in [5, 5.41) is 12.5. The number of aromatic nitrogens is 1. The zero-order chi connectivity index (χ0) is 14.0. The Morgan fingerprint density at radius 3 is 2.95 bits per heavy atom. The van der Waals surface area contributed by atoms with Gasteiger partial charge in [0.05, 0.1) is 11.1 Å². The van der Waals surface area contributed by atoms with Crippen LogP contribution in [0.4, 0.5) is 5.13 Å². The Morgan fingerprint density at radius 1 is 1.63 bits per heavy atom. The molecule has 1 aromatic rings. The van der Waals surface area contributed by atoms with Crippen LogP contribution >= 0.6 is 11.3 Å². The van der Waals surface area contributed by atoms with Gasteiger partial charge in [-0.2, -0.15) is 0 Å². The van der Waals surface area contributed by atoms with Crippen LogP contribution in [0.25, 0.3) is 0 Å². The van der Waals surface area contributed by atoms with Crippen LogP contribution in [0.15, 0.2) is 5.38 Å². The van der Waals surface area contributed by atoms with Crippen LogP contribution in [0.2, 0.25) is 0 Å². The summed E-state index contributed by atoms with van der Waals surface area (Å²) in [6, 6.07) is 0. The van der Waals surface area contributed by atoms with Gasteiger partial charge in [-0.05, 0) is 39.0 Å². The number of carbonyl (C=O) groups is 1. The van der Waals surface area contributed by atoms with Gasteiger partial charge in [0, 0.05) is 18.5 Å². The number of carboxylic acid groups (broad SMARTS) is 1. The van der Waals surface area contributed by atoms with Crippen molar-refractivity contribution in [1.82, 2.24) is 4.98 Å². The molecule has 2 rings (SSSR count). The Balaban J connectivity index is 2.11. The first-order valence-electron chi connectivity index (χ1n) is 6.88. The van der Waals surface area contributed by atoms with Gasteiger partial charge in [-0.1, -0.05) is 6.92 Å². The zero-order valence-corrected chi connectivity index (χ0v) is 12.7. The molecule has 2 heterocycles. The summed E-state index contributed by atoms with van der Waals surface area (Å²) in [7, 11) is 0. The summed E-state index contributed by atoms with van der Waals surface area (Å²) in [5.74, 6) is -0.513. The smallest absolute Gasteiger partial charge is 0.309 e. The molecule has 0 aromatic carbocycles. The number of anilines is 1. The van der Waals surface area contributed by atoms with E-state index in [0.717, 1.165) is 43.2 Å². The van der Waals surface area contributed by atoms with E-state index in [4.69, 9.17) is 0 Å². The predicted molar refractivity (Wildman–Crippen MR) is 77.8 cm³/mol. The van der Waals surface area contributed by atoms with Crippen molar-refractivity contribution in [2.45, 2.75) is 40.0 Å². The number of hydrogen-bond acceptors (Lipinski definition) is 4. The molecule has 5 heteroatoms. The highest BCUT2D eigenvalue weighted by molar-refractivity contribution is 7.13. The fraction of sp³-hybridized carbons (Fsp3) is 0.714.